The number of thioether (sulfide) groups is 1. The summed E-state index contributed by atoms with van der Waals surface area (Å²) in [5.74, 6) is 0.986. The number of amidine groups is 1. The fourth-order valence-electron chi connectivity index (χ4n) is 2.36. The molecule has 1 unspecified atom stereocenters. The van der Waals surface area contributed by atoms with Gasteiger partial charge in [-0.05, 0) is 29.8 Å². The molecular weight excluding hydrogens is 260 g/mol. The number of quaternary nitrogens is 1. The van der Waals surface area contributed by atoms with E-state index in [1.807, 2.05) is 16.7 Å². The maximum atomic E-state index is 11.6. The zero-order valence-electron chi connectivity index (χ0n) is 11.0. The van der Waals surface area contributed by atoms with E-state index in [1.165, 1.54) is 15.4 Å². The molecule has 5 heteroatoms. The fraction of sp³-hybridized carbons (Fsp3) is 0.286. The average molecular weight is 276 g/mol. The lowest BCUT2D eigenvalue weighted by Crippen LogP contribution is -3.07. The number of benzene rings is 1. The van der Waals surface area contributed by atoms with Gasteiger partial charge in [0, 0.05) is 0 Å². The monoisotopic (exact) mass is 276 g/mol. The number of nitrogens with zero attached hydrogens (tertiary/aromatic N) is 1. The molecule has 0 aliphatic carbocycles. The van der Waals surface area contributed by atoms with Crippen molar-refractivity contribution in [2.45, 2.75) is 6.92 Å². The number of hydrogen-bond acceptors (Lipinski definition) is 3. The van der Waals surface area contributed by atoms with E-state index in [1.54, 1.807) is 25.8 Å². The van der Waals surface area contributed by atoms with Crippen LogP contribution in [0.1, 0.15) is 12.5 Å². The van der Waals surface area contributed by atoms with Crippen molar-refractivity contribution in [1.82, 2.24) is 0 Å². The van der Waals surface area contributed by atoms with E-state index in [0.29, 0.717) is 0 Å². The highest BCUT2D eigenvalue weighted by atomic mass is 32.2. The van der Waals surface area contributed by atoms with E-state index in [2.05, 4.69) is 18.3 Å². The van der Waals surface area contributed by atoms with Gasteiger partial charge < -0.3 is 4.74 Å². The van der Waals surface area contributed by atoms with Crippen molar-refractivity contribution in [3.05, 3.63) is 36.0 Å². The zero-order valence-corrected chi connectivity index (χ0v) is 11.8. The summed E-state index contributed by atoms with van der Waals surface area (Å²) < 4.78 is 7.03. The molecule has 2 heterocycles. The van der Waals surface area contributed by atoms with Gasteiger partial charge in [0.25, 0.3) is 0 Å². The van der Waals surface area contributed by atoms with Gasteiger partial charge in [0.05, 0.1) is 30.7 Å². The highest BCUT2D eigenvalue weighted by molar-refractivity contribution is 8.21. The van der Waals surface area contributed by atoms with E-state index in [-0.39, 0.29) is 5.91 Å². The summed E-state index contributed by atoms with van der Waals surface area (Å²) in [4.78, 5) is 14.0. The number of carbonyl (C=O) groups is 1. The number of fused-ring (bicyclic) bond motifs is 1. The summed E-state index contributed by atoms with van der Waals surface area (Å²) in [6, 6.07) is 8.03. The van der Waals surface area contributed by atoms with Gasteiger partial charge in [0.2, 0.25) is 6.54 Å². The third-order valence-electron chi connectivity index (χ3n) is 3.39. The predicted octanol–water partition coefficient (Wildman–Crippen LogP) is 0.554. The first-order valence-corrected chi connectivity index (χ1v) is 7.06. The minimum absolute atomic E-state index is 0.127. The lowest BCUT2D eigenvalue weighted by atomic mass is 10.2. The molecule has 0 bridgehead atoms. The minimum Gasteiger partial charge on any atom is -0.497 e. The van der Waals surface area contributed by atoms with Crippen LogP contribution in [0.15, 0.2) is 30.5 Å². The van der Waals surface area contributed by atoms with E-state index < -0.39 is 0 Å². The van der Waals surface area contributed by atoms with Gasteiger partial charge in [0.15, 0.2) is 6.54 Å². The quantitative estimate of drug-likeness (QED) is 0.801. The van der Waals surface area contributed by atoms with Gasteiger partial charge in [-0.15, -0.1) is 4.58 Å². The van der Waals surface area contributed by atoms with Crippen LogP contribution in [-0.4, -0.2) is 35.8 Å². The molecule has 0 radical (unpaired) electrons. The zero-order chi connectivity index (χ0) is 13.4. The molecule has 2 aliphatic rings. The van der Waals surface area contributed by atoms with Crippen LogP contribution in [0.2, 0.25) is 0 Å². The van der Waals surface area contributed by atoms with Crippen molar-refractivity contribution in [2.24, 2.45) is 0 Å². The Kier molecular flexibility index (Phi) is 3.16. The van der Waals surface area contributed by atoms with Gasteiger partial charge in [0.1, 0.15) is 11.9 Å². The molecular formula is C14H16N2O2S+2. The number of rotatable bonds is 2. The highest BCUT2D eigenvalue weighted by Gasteiger charge is 2.43. The smallest absolute Gasteiger partial charge is 0.417 e. The van der Waals surface area contributed by atoms with E-state index in [0.717, 1.165) is 24.0 Å². The molecule has 1 atom stereocenters. The van der Waals surface area contributed by atoms with E-state index in [4.69, 9.17) is 4.74 Å². The van der Waals surface area contributed by atoms with Crippen molar-refractivity contribution in [2.75, 3.05) is 20.2 Å². The summed E-state index contributed by atoms with van der Waals surface area (Å²) in [5.41, 5.74) is 1.17. The maximum absolute atomic E-state index is 11.6. The Hall–Kier alpha value is -1.59. The normalized spacial score (nSPS) is 21.4. The Morgan fingerprint density at radius 3 is 2.74 bits per heavy atom. The Bertz CT molecular complexity index is 590. The molecule has 19 heavy (non-hydrogen) atoms. The van der Waals surface area contributed by atoms with Gasteiger partial charge in [-0.3, -0.25) is 0 Å². The SMILES string of the molecule is COc1ccc(C2=C[NH+]3CC[N+](C(C)=O)=C3S2)cc1. The van der Waals surface area contributed by atoms with Gasteiger partial charge in [-0.1, -0.05) is 0 Å². The number of hydrogen-bond donors (Lipinski definition) is 1. The predicted molar refractivity (Wildman–Crippen MR) is 75.2 cm³/mol. The van der Waals surface area contributed by atoms with Crippen LogP contribution in [0.25, 0.3) is 4.91 Å². The topological polar surface area (TPSA) is 33.8 Å². The Labute approximate surface area is 116 Å². The first-order chi connectivity index (χ1) is 9.19. The summed E-state index contributed by atoms with van der Waals surface area (Å²) in [6.45, 7) is 3.41. The number of ether oxygens (including phenoxy) is 1. The Balaban J connectivity index is 1.87. The number of methoxy groups -OCH3 is 1. The van der Waals surface area contributed by atoms with Gasteiger partial charge >= 0.3 is 11.1 Å². The first-order valence-electron chi connectivity index (χ1n) is 6.24. The Morgan fingerprint density at radius 2 is 2.11 bits per heavy atom. The fourth-order valence-corrected chi connectivity index (χ4v) is 3.64. The molecule has 98 valence electrons. The third kappa shape index (κ3) is 2.19. The summed E-state index contributed by atoms with van der Waals surface area (Å²) in [7, 11) is 1.67. The van der Waals surface area contributed by atoms with Crippen LogP contribution in [0.5, 0.6) is 5.75 Å². The molecule has 1 aromatic carbocycles. The van der Waals surface area contributed by atoms with Crippen molar-refractivity contribution < 1.29 is 19.0 Å². The lowest BCUT2D eigenvalue weighted by molar-refractivity contribution is -0.733. The van der Waals surface area contributed by atoms with E-state index >= 15 is 0 Å². The molecule has 0 aromatic heterocycles. The summed E-state index contributed by atoms with van der Waals surface area (Å²) >= 11 is 1.69. The molecule has 3 rings (SSSR count). The van der Waals surface area contributed by atoms with Crippen LogP contribution in [0.4, 0.5) is 0 Å². The van der Waals surface area contributed by atoms with Crippen LogP contribution in [0, 0.1) is 0 Å². The minimum atomic E-state index is 0.127. The highest BCUT2D eigenvalue weighted by Crippen LogP contribution is 2.31. The largest absolute Gasteiger partial charge is 0.497 e. The summed E-state index contributed by atoms with van der Waals surface area (Å²) in [5, 5.41) is 1.11. The molecule has 4 nitrogen and oxygen atoms in total. The number of amides is 1. The molecule has 2 aliphatic heterocycles. The van der Waals surface area contributed by atoms with Crippen LogP contribution in [-0.2, 0) is 4.79 Å². The molecule has 0 spiro atoms. The molecule has 0 saturated heterocycles. The summed E-state index contributed by atoms with van der Waals surface area (Å²) in [6.07, 6.45) is 2.20. The Morgan fingerprint density at radius 1 is 1.37 bits per heavy atom. The second-order valence-corrected chi connectivity index (χ2v) is 5.62. The third-order valence-corrected chi connectivity index (χ3v) is 4.64. The molecule has 1 N–H and O–H groups in total. The van der Waals surface area contributed by atoms with Crippen LogP contribution < -0.4 is 9.64 Å². The molecule has 0 saturated carbocycles. The van der Waals surface area contributed by atoms with Crippen molar-refractivity contribution in [3.8, 4) is 5.75 Å². The average Bonchev–Trinajstić information content (AvgIpc) is 2.98. The first kappa shape index (κ1) is 12.4. The van der Waals surface area contributed by atoms with Crippen molar-refractivity contribution in [3.63, 3.8) is 0 Å². The lowest BCUT2D eigenvalue weighted by Gasteiger charge is -2.01. The van der Waals surface area contributed by atoms with Crippen molar-refractivity contribution >= 4 is 27.7 Å². The molecule has 0 fully saturated rings. The van der Waals surface area contributed by atoms with E-state index in [9.17, 15) is 4.79 Å². The van der Waals surface area contributed by atoms with Crippen LogP contribution in [0.3, 0.4) is 0 Å². The maximum Gasteiger partial charge on any atom is 0.417 e. The molecule has 1 aromatic rings. The number of carbonyl (C=O) groups excluding carboxylic acids is 1. The second-order valence-electron chi connectivity index (χ2n) is 4.59. The number of nitrogens with one attached hydrogen (secondary N) is 1. The van der Waals surface area contributed by atoms with Gasteiger partial charge in [-0.25, -0.2) is 9.69 Å². The van der Waals surface area contributed by atoms with Crippen LogP contribution >= 0.6 is 11.8 Å². The van der Waals surface area contributed by atoms with Gasteiger partial charge in [-0.2, -0.15) is 0 Å². The second kappa shape index (κ2) is 4.83. The standard InChI is InChI=1S/C14H15N2O2S/c1-10(17)16-8-7-15-9-13(19-14(15)16)11-3-5-12(18-2)6-4-11/h3-6,9H,7-8H2,1-2H3/q+1/p+1. The van der Waals surface area contributed by atoms with Crippen molar-refractivity contribution in [1.29, 1.82) is 0 Å². The molecule has 1 amide bonds.